The van der Waals surface area contributed by atoms with E-state index >= 15 is 0 Å². The Hall–Kier alpha value is -2.66. The van der Waals surface area contributed by atoms with Crippen molar-refractivity contribution in [3.8, 4) is 5.75 Å². The van der Waals surface area contributed by atoms with E-state index in [2.05, 4.69) is 35.8 Å². The molecule has 1 amide bonds. The van der Waals surface area contributed by atoms with Crippen LogP contribution in [0, 0.1) is 17.8 Å². The molecule has 5 heteroatoms. The molecule has 2 saturated carbocycles. The van der Waals surface area contributed by atoms with Gasteiger partial charge in [0.05, 0.1) is 0 Å². The number of rotatable bonds is 8. The standard InChI is InChI=1S/C32H42N2O3/c1-23(2)20-34(31(36)26-8-5-4-6-9-26)29-15-14-28-22-33(21-25-12-13-25)17-16-32(28,19-29)27-10-7-11-30(18-27)37-24(3)35/h4-11,18,23,25,28-29H,12-17,19-22H2,1-3H3/t28?,29-,32?/m1/s1. The highest BCUT2D eigenvalue weighted by atomic mass is 16.5. The van der Waals surface area contributed by atoms with Crippen molar-refractivity contribution in [2.45, 2.75) is 70.8 Å². The van der Waals surface area contributed by atoms with Crippen molar-refractivity contribution in [2.75, 3.05) is 26.2 Å². The first-order chi connectivity index (χ1) is 17.8. The molecule has 1 aliphatic heterocycles. The van der Waals surface area contributed by atoms with E-state index < -0.39 is 0 Å². The normalized spacial score (nSPS) is 25.9. The third kappa shape index (κ3) is 5.93. The van der Waals surface area contributed by atoms with E-state index in [0.29, 0.717) is 17.6 Å². The van der Waals surface area contributed by atoms with Gasteiger partial charge in [0.2, 0.25) is 0 Å². The van der Waals surface area contributed by atoms with Crippen molar-refractivity contribution in [1.29, 1.82) is 0 Å². The van der Waals surface area contributed by atoms with Crippen molar-refractivity contribution in [2.24, 2.45) is 17.8 Å². The molecular weight excluding hydrogens is 460 g/mol. The molecule has 198 valence electrons. The molecular formula is C32H42N2O3. The molecule has 5 nitrogen and oxygen atoms in total. The second-order valence-corrected chi connectivity index (χ2v) is 12.1. The predicted octanol–water partition coefficient (Wildman–Crippen LogP) is 5.93. The summed E-state index contributed by atoms with van der Waals surface area (Å²) in [6, 6.07) is 18.2. The lowest BCUT2D eigenvalue weighted by atomic mass is 9.57. The monoisotopic (exact) mass is 502 g/mol. The number of ether oxygens (including phenoxy) is 1. The Morgan fingerprint density at radius 3 is 2.54 bits per heavy atom. The van der Waals surface area contributed by atoms with Gasteiger partial charge in [-0.05, 0) is 92.7 Å². The third-order valence-corrected chi connectivity index (χ3v) is 8.75. The van der Waals surface area contributed by atoms with Crippen LogP contribution in [-0.4, -0.2) is 53.9 Å². The number of nitrogens with zero attached hydrogens (tertiary/aromatic N) is 2. The molecule has 3 atom stereocenters. The number of esters is 1. The quantitative estimate of drug-likeness (QED) is 0.331. The molecule has 2 aliphatic carbocycles. The van der Waals surface area contributed by atoms with E-state index in [1.165, 1.54) is 31.9 Å². The van der Waals surface area contributed by atoms with E-state index in [1.54, 1.807) is 0 Å². The molecule has 37 heavy (non-hydrogen) atoms. The Morgan fingerprint density at radius 2 is 1.84 bits per heavy atom. The maximum atomic E-state index is 13.8. The Balaban J connectivity index is 1.47. The number of fused-ring (bicyclic) bond motifs is 1. The van der Waals surface area contributed by atoms with Crippen LogP contribution in [0.4, 0.5) is 0 Å². The average molecular weight is 503 g/mol. The maximum Gasteiger partial charge on any atom is 0.308 e. The molecule has 0 radical (unpaired) electrons. The fraction of sp³-hybridized carbons (Fsp3) is 0.562. The van der Waals surface area contributed by atoms with Gasteiger partial charge < -0.3 is 14.5 Å². The second-order valence-electron chi connectivity index (χ2n) is 12.1. The lowest BCUT2D eigenvalue weighted by molar-refractivity contribution is -0.131. The van der Waals surface area contributed by atoms with E-state index in [1.807, 2.05) is 42.5 Å². The fourth-order valence-corrected chi connectivity index (χ4v) is 6.86. The number of piperidine rings is 1. The zero-order valence-corrected chi connectivity index (χ0v) is 22.7. The summed E-state index contributed by atoms with van der Waals surface area (Å²) in [6.07, 6.45) is 6.96. The van der Waals surface area contributed by atoms with E-state index in [4.69, 9.17) is 4.74 Å². The molecule has 3 aliphatic rings. The molecule has 1 heterocycles. The van der Waals surface area contributed by atoms with Crippen molar-refractivity contribution >= 4 is 11.9 Å². The zero-order valence-electron chi connectivity index (χ0n) is 22.7. The highest BCUT2D eigenvalue weighted by molar-refractivity contribution is 5.94. The summed E-state index contributed by atoms with van der Waals surface area (Å²) in [7, 11) is 0. The van der Waals surface area contributed by atoms with E-state index in [0.717, 1.165) is 56.8 Å². The minimum Gasteiger partial charge on any atom is -0.427 e. The third-order valence-electron chi connectivity index (χ3n) is 8.75. The van der Waals surface area contributed by atoms with Gasteiger partial charge in [0.1, 0.15) is 5.75 Å². The van der Waals surface area contributed by atoms with Crippen LogP contribution in [0.2, 0.25) is 0 Å². The van der Waals surface area contributed by atoms with Gasteiger partial charge in [0.15, 0.2) is 0 Å². The van der Waals surface area contributed by atoms with Crippen LogP contribution in [0.1, 0.15) is 75.2 Å². The van der Waals surface area contributed by atoms with Crippen molar-refractivity contribution in [3.05, 3.63) is 65.7 Å². The number of amides is 1. The lowest BCUT2D eigenvalue weighted by Gasteiger charge is -2.55. The topological polar surface area (TPSA) is 49.9 Å². The Bertz CT molecular complexity index is 1100. The van der Waals surface area contributed by atoms with Crippen LogP contribution in [0.5, 0.6) is 5.75 Å². The minimum atomic E-state index is -0.288. The largest absolute Gasteiger partial charge is 0.427 e. The minimum absolute atomic E-state index is 0.0225. The van der Waals surface area contributed by atoms with Crippen LogP contribution < -0.4 is 4.74 Å². The van der Waals surface area contributed by atoms with Gasteiger partial charge in [-0.2, -0.15) is 0 Å². The highest BCUT2D eigenvalue weighted by Gasteiger charge is 2.50. The van der Waals surface area contributed by atoms with Gasteiger partial charge in [-0.3, -0.25) is 9.59 Å². The number of hydrogen-bond donors (Lipinski definition) is 0. The summed E-state index contributed by atoms with van der Waals surface area (Å²) in [4.78, 5) is 30.4. The summed E-state index contributed by atoms with van der Waals surface area (Å²) >= 11 is 0. The van der Waals surface area contributed by atoms with Crippen LogP contribution in [0.15, 0.2) is 54.6 Å². The van der Waals surface area contributed by atoms with Crippen molar-refractivity contribution < 1.29 is 14.3 Å². The molecule has 0 bridgehead atoms. The number of hydrogen-bond acceptors (Lipinski definition) is 4. The summed E-state index contributed by atoms with van der Waals surface area (Å²) in [5, 5.41) is 0. The van der Waals surface area contributed by atoms with Crippen molar-refractivity contribution in [3.63, 3.8) is 0 Å². The Morgan fingerprint density at radius 1 is 1.05 bits per heavy atom. The first-order valence-corrected chi connectivity index (χ1v) is 14.2. The fourth-order valence-electron chi connectivity index (χ4n) is 6.86. The molecule has 3 fully saturated rings. The molecule has 5 rings (SSSR count). The molecule has 0 spiro atoms. The summed E-state index contributed by atoms with van der Waals surface area (Å²) in [6.45, 7) is 10.1. The first kappa shape index (κ1) is 26.0. The molecule has 1 saturated heterocycles. The van der Waals surface area contributed by atoms with Gasteiger partial charge in [-0.1, -0.05) is 44.2 Å². The SMILES string of the molecule is CC(=O)Oc1cccc(C23CCN(CC4CC4)CC2CC[C@@H](N(CC(C)C)C(=O)c2ccccc2)C3)c1. The van der Waals surface area contributed by atoms with Crippen LogP contribution >= 0.6 is 0 Å². The van der Waals surface area contributed by atoms with E-state index in [-0.39, 0.29) is 23.3 Å². The number of carbonyl (C=O) groups excluding carboxylic acids is 2. The summed E-state index contributed by atoms with van der Waals surface area (Å²) in [5.41, 5.74) is 2.02. The van der Waals surface area contributed by atoms with Gasteiger partial charge in [-0.15, -0.1) is 0 Å². The van der Waals surface area contributed by atoms with Gasteiger partial charge in [-0.25, -0.2) is 0 Å². The van der Waals surface area contributed by atoms with Gasteiger partial charge >= 0.3 is 5.97 Å². The average Bonchev–Trinajstić information content (AvgIpc) is 3.71. The van der Waals surface area contributed by atoms with Crippen LogP contribution in [0.25, 0.3) is 0 Å². The molecule has 2 aromatic rings. The maximum absolute atomic E-state index is 13.8. The zero-order chi connectivity index (χ0) is 26.0. The van der Waals surface area contributed by atoms with Gasteiger partial charge in [0.25, 0.3) is 5.91 Å². The summed E-state index contributed by atoms with van der Waals surface area (Å²) in [5.74, 6) is 2.31. The smallest absolute Gasteiger partial charge is 0.308 e. The number of carbonyl (C=O) groups is 2. The first-order valence-electron chi connectivity index (χ1n) is 14.2. The number of benzene rings is 2. The van der Waals surface area contributed by atoms with Crippen LogP contribution in [0.3, 0.4) is 0 Å². The van der Waals surface area contributed by atoms with Crippen LogP contribution in [-0.2, 0) is 10.2 Å². The predicted molar refractivity (Wildman–Crippen MR) is 147 cm³/mol. The molecule has 2 unspecified atom stereocenters. The molecule has 0 aromatic heterocycles. The van der Waals surface area contributed by atoms with Crippen molar-refractivity contribution in [1.82, 2.24) is 9.80 Å². The molecule has 2 aromatic carbocycles. The lowest BCUT2D eigenvalue weighted by Crippen LogP contribution is -2.57. The highest BCUT2D eigenvalue weighted by Crippen LogP contribution is 2.51. The van der Waals surface area contributed by atoms with Gasteiger partial charge in [0, 0.05) is 43.6 Å². The molecule has 0 N–H and O–H groups in total. The Labute approximate surface area is 222 Å². The van der Waals surface area contributed by atoms with E-state index in [9.17, 15) is 9.59 Å². The summed E-state index contributed by atoms with van der Waals surface area (Å²) < 4.78 is 5.51. The Kier molecular flexibility index (Phi) is 7.71. The number of likely N-dealkylation sites (tertiary alicyclic amines) is 1. The second kappa shape index (κ2) is 11.0.